The lowest BCUT2D eigenvalue weighted by Gasteiger charge is -2.17. The van der Waals surface area contributed by atoms with E-state index in [1.54, 1.807) is 43.3 Å². The third-order valence-electron chi connectivity index (χ3n) is 9.70. The number of alkyl halides is 3. The van der Waals surface area contributed by atoms with Gasteiger partial charge < -0.3 is 30.7 Å². The van der Waals surface area contributed by atoms with Crippen LogP contribution in [0, 0.1) is 0 Å². The van der Waals surface area contributed by atoms with E-state index in [0.29, 0.717) is 52.8 Å². The SMILES string of the molecule is CCOc1ccc(NC(=O)c2cc(Cl)cc(N=NC(C(C)=O)C(=O)Nc3ccc(NC(=O)C(N=Nc4cc(Cl)cc(C(=O)Nc5ccc(OCC)cc5CCl)c4)C(C)=O)c(C(C)Cl)c3)c2)c(CCl)c1. The van der Waals surface area contributed by atoms with Crippen molar-refractivity contribution in [2.24, 2.45) is 20.5 Å². The molecule has 5 aromatic rings. The lowest BCUT2D eigenvalue weighted by atomic mass is 10.1. The smallest absolute Gasteiger partial charge is 0.258 e. The Kier molecular flexibility index (Phi) is 19.6. The molecule has 21 heteroatoms. The van der Waals surface area contributed by atoms with E-state index in [9.17, 15) is 28.8 Å². The first-order valence-corrected chi connectivity index (χ1v) is 23.3. The van der Waals surface area contributed by atoms with Gasteiger partial charge in [-0.15, -0.1) is 34.8 Å². The van der Waals surface area contributed by atoms with Crippen LogP contribution < -0.4 is 30.7 Å². The van der Waals surface area contributed by atoms with Gasteiger partial charge in [0.1, 0.15) is 11.5 Å². The molecule has 4 amide bonds. The van der Waals surface area contributed by atoms with E-state index >= 15 is 0 Å². The minimum absolute atomic E-state index is 0.0804. The molecule has 0 saturated heterocycles. The van der Waals surface area contributed by atoms with E-state index in [4.69, 9.17) is 67.5 Å². The van der Waals surface area contributed by atoms with Gasteiger partial charge >= 0.3 is 0 Å². The van der Waals surface area contributed by atoms with Gasteiger partial charge in [0.05, 0.1) is 30.0 Å². The third-order valence-corrected chi connectivity index (χ3v) is 10.9. The van der Waals surface area contributed by atoms with Crippen molar-refractivity contribution in [3.8, 4) is 11.5 Å². The first kappa shape index (κ1) is 53.5. The first-order chi connectivity index (χ1) is 32.9. The molecule has 0 aliphatic carbocycles. The topological polar surface area (TPSA) is 218 Å². The maximum Gasteiger partial charge on any atom is 0.258 e. The number of hydrogen-bond acceptors (Lipinski definition) is 12. The number of benzene rings is 5. The Morgan fingerprint density at radius 1 is 0.565 bits per heavy atom. The number of anilines is 4. The summed E-state index contributed by atoms with van der Waals surface area (Å²) < 4.78 is 11.0. The fraction of sp³-hybridized carbons (Fsp3) is 0.250. The molecule has 0 aromatic heterocycles. The maximum atomic E-state index is 13.5. The Balaban J connectivity index is 1.28. The zero-order valence-corrected chi connectivity index (χ0v) is 41.4. The van der Waals surface area contributed by atoms with Crippen molar-refractivity contribution in [3.05, 3.63) is 129 Å². The average Bonchev–Trinajstić information content (AvgIpc) is 3.30. The number of nitrogens with zero attached hydrogens (tertiary/aromatic N) is 4. The molecule has 69 heavy (non-hydrogen) atoms. The first-order valence-electron chi connectivity index (χ1n) is 21.0. The van der Waals surface area contributed by atoms with Crippen molar-refractivity contribution in [1.29, 1.82) is 0 Å². The number of carbonyl (C=O) groups excluding carboxylic acids is 6. The fourth-order valence-electron chi connectivity index (χ4n) is 6.41. The summed E-state index contributed by atoms with van der Waals surface area (Å²) in [7, 11) is 0. The Morgan fingerprint density at radius 3 is 1.41 bits per heavy atom. The zero-order chi connectivity index (χ0) is 50.4. The molecule has 0 saturated carbocycles. The summed E-state index contributed by atoms with van der Waals surface area (Å²) >= 11 is 31.4. The van der Waals surface area contributed by atoms with Crippen molar-refractivity contribution in [2.75, 3.05) is 34.5 Å². The van der Waals surface area contributed by atoms with E-state index in [0.717, 1.165) is 13.8 Å². The Hall–Kier alpha value is -6.43. The molecule has 0 bridgehead atoms. The fourth-order valence-corrected chi connectivity index (χ4v) is 7.50. The molecule has 0 aliphatic rings. The van der Waals surface area contributed by atoms with Gasteiger partial charge in [-0.2, -0.15) is 20.5 Å². The molecule has 3 unspecified atom stereocenters. The van der Waals surface area contributed by atoms with Crippen molar-refractivity contribution >= 4 is 127 Å². The predicted octanol–water partition coefficient (Wildman–Crippen LogP) is 12.4. The largest absolute Gasteiger partial charge is 0.494 e. The number of hydrogen-bond donors (Lipinski definition) is 4. The number of rotatable bonds is 21. The highest BCUT2D eigenvalue weighted by molar-refractivity contribution is 6.32. The summed E-state index contributed by atoms with van der Waals surface area (Å²) in [5.74, 6) is -2.70. The van der Waals surface area contributed by atoms with E-state index in [1.165, 1.54) is 54.6 Å². The minimum atomic E-state index is -1.64. The van der Waals surface area contributed by atoms with Crippen molar-refractivity contribution in [1.82, 2.24) is 0 Å². The molecule has 0 heterocycles. The van der Waals surface area contributed by atoms with Crippen LogP contribution in [0.2, 0.25) is 10.0 Å². The monoisotopic (exact) mass is 1040 g/mol. The van der Waals surface area contributed by atoms with Gasteiger partial charge in [-0.25, -0.2) is 0 Å². The van der Waals surface area contributed by atoms with Crippen LogP contribution in [0.15, 0.2) is 111 Å². The number of azo groups is 2. The van der Waals surface area contributed by atoms with Crippen molar-refractivity contribution in [2.45, 2.75) is 63.8 Å². The molecule has 0 aliphatic heterocycles. The summed E-state index contributed by atoms with van der Waals surface area (Å²) in [5, 5.41) is 26.5. The van der Waals surface area contributed by atoms with E-state index in [2.05, 4.69) is 41.7 Å². The average molecular weight is 1040 g/mol. The molecular weight excluding hydrogens is 994 g/mol. The van der Waals surface area contributed by atoms with Crippen molar-refractivity contribution in [3.63, 3.8) is 0 Å². The highest BCUT2D eigenvalue weighted by Gasteiger charge is 2.27. The van der Waals surface area contributed by atoms with E-state index < -0.39 is 52.7 Å². The Bertz CT molecular complexity index is 2820. The second-order valence-electron chi connectivity index (χ2n) is 14.9. The summed E-state index contributed by atoms with van der Waals surface area (Å²) in [5.41, 5.74) is 3.23. The van der Waals surface area contributed by atoms with Gasteiger partial charge in [-0.1, -0.05) is 23.2 Å². The molecule has 3 atom stereocenters. The van der Waals surface area contributed by atoms with Crippen LogP contribution >= 0.6 is 58.0 Å². The van der Waals surface area contributed by atoms with Crippen LogP contribution in [-0.4, -0.2) is 60.5 Å². The number of halogens is 5. The highest BCUT2D eigenvalue weighted by atomic mass is 35.5. The number of carbonyl (C=O) groups is 6. The van der Waals surface area contributed by atoms with Crippen molar-refractivity contribution < 1.29 is 38.2 Å². The second-order valence-corrected chi connectivity index (χ2v) is 17.0. The lowest BCUT2D eigenvalue weighted by molar-refractivity contribution is -0.127. The standard InChI is InChI=1S/C48H45Cl5N8O8/c1-6-68-37-9-12-40(30(18-37)23-49)55-45(64)28-14-32(52)20-35(16-28)58-60-43(26(4)62)47(66)54-34-8-11-42(39(22-34)25(3)51)57-48(67)44(27(5)63)61-59-36-17-29(15-33(53)21-36)46(65)56-41-13-10-38(69-7-2)19-31(41)24-50/h8-22,25,43-44H,6-7,23-24H2,1-5H3,(H,54,66)(H,55,64)(H,56,65)(H,57,67). The minimum Gasteiger partial charge on any atom is -0.494 e. The summed E-state index contributed by atoms with van der Waals surface area (Å²) in [4.78, 5) is 79.0. The lowest BCUT2D eigenvalue weighted by Crippen LogP contribution is -2.32. The molecule has 16 nitrogen and oxygen atoms in total. The summed E-state index contributed by atoms with van der Waals surface area (Å²) in [6.45, 7) is 8.52. The van der Waals surface area contributed by atoms with Gasteiger partial charge in [0.2, 0.25) is 12.1 Å². The van der Waals surface area contributed by atoms with Crippen LogP contribution in [0.5, 0.6) is 11.5 Å². The van der Waals surface area contributed by atoms with Crippen LogP contribution in [0.3, 0.4) is 0 Å². The number of ether oxygens (including phenoxy) is 2. The molecule has 0 radical (unpaired) electrons. The molecule has 4 N–H and O–H groups in total. The Labute approximate surface area is 422 Å². The van der Waals surface area contributed by atoms with E-state index in [1.807, 2.05) is 13.8 Å². The van der Waals surface area contributed by atoms with Crippen LogP contribution in [0.25, 0.3) is 0 Å². The zero-order valence-electron chi connectivity index (χ0n) is 37.7. The van der Waals surface area contributed by atoms with Gasteiger partial charge in [0.25, 0.3) is 23.6 Å². The third kappa shape index (κ3) is 15.0. The summed E-state index contributed by atoms with van der Waals surface area (Å²) in [6.07, 6.45) is 0. The maximum absolute atomic E-state index is 13.5. The number of ketones is 2. The summed E-state index contributed by atoms with van der Waals surface area (Å²) in [6, 6.07) is 19.6. The van der Waals surface area contributed by atoms with Crippen LogP contribution in [-0.2, 0) is 30.9 Å². The second kappa shape index (κ2) is 25.3. The number of nitrogens with one attached hydrogen (secondary N) is 4. The number of amides is 4. The molecule has 5 rings (SSSR count). The van der Waals surface area contributed by atoms with Gasteiger partial charge in [-0.05, 0) is 142 Å². The molecule has 5 aromatic carbocycles. The van der Waals surface area contributed by atoms with E-state index in [-0.39, 0.29) is 55.7 Å². The van der Waals surface area contributed by atoms with Crippen LogP contribution in [0.1, 0.15) is 77.4 Å². The van der Waals surface area contributed by atoms with Gasteiger partial charge in [0, 0.05) is 55.7 Å². The molecule has 0 fully saturated rings. The molecule has 0 spiro atoms. The Morgan fingerprint density at radius 2 is 1.00 bits per heavy atom. The molecular formula is C48H45Cl5N8O8. The van der Waals surface area contributed by atoms with Gasteiger partial charge in [-0.3, -0.25) is 28.8 Å². The highest BCUT2D eigenvalue weighted by Crippen LogP contribution is 2.32. The number of Topliss-reactive ketones (excluding diaryl/α,β-unsaturated/α-hetero) is 2. The molecule has 360 valence electrons. The van der Waals surface area contributed by atoms with Crippen LogP contribution in [0.4, 0.5) is 34.1 Å². The predicted molar refractivity (Wildman–Crippen MR) is 269 cm³/mol. The quantitative estimate of drug-likeness (QED) is 0.0314. The normalized spacial score (nSPS) is 12.5. The van der Waals surface area contributed by atoms with Gasteiger partial charge in [0.15, 0.2) is 11.6 Å².